The monoisotopic (exact) mass is 590 g/mol. The third kappa shape index (κ3) is 11.9. The van der Waals surface area contributed by atoms with E-state index >= 15 is 0 Å². The van der Waals surface area contributed by atoms with Crippen molar-refractivity contribution in [3.63, 3.8) is 0 Å². The minimum Gasteiger partial charge on any atom is -0.463 e. The molecule has 0 spiro atoms. The lowest BCUT2D eigenvalue weighted by atomic mass is 9.73. The highest BCUT2D eigenvalue weighted by atomic mass is 19.4. The molecule has 0 aromatic rings. The van der Waals surface area contributed by atoms with Crippen molar-refractivity contribution in [2.45, 2.75) is 88.9 Å². The van der Waals surface area contributed by atoms with Crippen LogP contribution in [0, 0.1) is 53.3 Å². The molecule has 1 saturated carbocycles. The van der Waals surface area contributed by atoms with Crippen molar-refractivity contribution in [1.29, 1.82) is 0 Å². The number of piperidine rings is 2. The van der Waals surface area contributed by atoms with Crippen LogP contribution in [0.25, 0.3) is 0 Å². The summed E-state index contributed by atoms with van der Waals surface area (Å²) in [6.07, 6.45) is 6.02. The van der Waals surface area contributed by atoms with E-state index in [2.05, 4.69) is 47.5 Å². The predicted molar refractivity (Wildman–Crippen MR) is 156 cm³/mol. The van der Waals surface area contributed by atoms with E-state index < -0.39 is 30.0 Å². The maximum Gasteiger partial charge on any atom is 0.393 e. The Hall–Kier alpha value is -2.75. The molecule has 7 unspecified atom stereocenters. The molecule has 42 heavy (non-hydrogen) atoms. The normalized spacial score (nSPS) is 29.5. The van der Waals surface area contributed by atoms with Gasteiger partial charge in [0, 0.05) is 61.0 Å². The summed E-state index contributed by atoms with van der Waals surface area (Å²) >= 11 is 0. The first-order valence-electron chi connectivity index (χ1n) is 15.3. The zero-order valence-corrected chi connectivity index (χ0v) is 24.5. The van der Waals surface area contributed by atoms with Crippen molar-refractivity contribution in [2.75, 3.05) is 26.3 Å². The van der Waals surface area contributed by atoms with E-state index in [-0.39, 0.29) is 24.2 Å². The maximum absolute atomic E-state index is 14.0. The molecule has 0 aromatic heterocycles. The van der Waals surface area contributed by atoms with Crippen LogP contribution < -0.4 is 10.6 Å². The van der Waals surface area contributed by atoms with Crippen LogP contribution in [-0.4, -0.2) is 56.5 Å². The fraction of sp³-hybridized carbons (Fsp3) is 0.697. The molecule has 232 valence electrons. The molecule has 1 aliphatic carbocycles. The van der Waals surface area contributed by atoms with Gasteiger partial charge in [-0.25, -0.2) is 9.59 Å². The summed E-state index contributed by atoms with van der Waals surface area (Å²) < 4.78 is 52.1. The Balaban J connectivity index is 1.40. The van der Waals surface area contributed by atoms with Crippen LogP contribution in [0.4, 0.5) is 13.2 Å². The van der Waals surface area contributed by atoms with Crippen LogP contribution >= 0.6 is 0 Å². The molecular formula is C33H45F3N2O4. The van der Waals surface area contributed by atoms with Gasteiger partial charge in [0.25, 0.3) is 0 Å². The fourth-order valence-corrected chi connectivity index (χ4v) is 5.99. The van der Waals surface area contributed by atoms with E-state index in [1.807, 2.05) is 0 Å². The Labute approximate surface area is 248 Å². The summed E-state index contributed by atoms with van der Waals surface area (Å²) in [5.74, 6) is 9.65. The van der Waals surface area contributed by atoms with Crippen LogP contribution in [0.2, 0.25) is 0 Å². The summed E-state index contributed by atoms with van der Waals surface area (Å²) in [5, 5.41) is 6.93. The molecule has 2 heterocycles. The van der Waals surface area contributed by atoms with E-state index in [1.165, 1.54) is 0 Å². The average Bonchev–Trinajstić information content (AvgIpc) is 3.00. The quantitative estimate of drug-likeness (QED) is 0.155. The molecule has 6 nitrogen and oxygen atoms in total. The standard InChI is InChI=1S/C33H45F3N2O4/c1-3-31(39)41-19-5-7-28-17-13-25(22-37-28)10-9-24-11-15-27(30(21-24)33(34,35)36)16-12-26-14-18-29(38-23-26)8-6-20-42-32(40)4-2/h3-4,24-30,37-38H,1-2,5-8,11,13-15,17-23H2. The largest absolute Gasteiger partial charge is 0.463 e. The molecule has 3 aliphatic rings. The number of nitrogens with one attached hydrogen (secondary N) is 2. The molecule has 3 rings (SSSR count). The van der Waals surface area contributed by atoms with Crippen molar-refractivity contribution in [2.24, 2.45) is 29.6 Å². The lowest BCUT2D eigenvalue weighted by Gasteiger charge is -2.33. The van der Waals surface area contributed by atoms with Crippen molar-refractivity contribution in [3.8, 4) is 23.7 Å². The zero-order valence-electron chi connectivity index (χ0n) is 24.5. The smallest absolute Gasteiger partial charge is 0.393 e. The third-order valence-electron chi connectivity index (χ3n) is 8.48. The molecule has 0 radical (unpaired) electrons. The molecule has 0 aromatic carbocycles. The van der Waals surface area contributed by atoms with Gasteiger partial charge in [-0.3, -0.25) is 0 Å². The number of carbonyl (C=O) groups excluding carboxylic acids is 2. The number of hydrogen-bond donors (Lipinski definition) is 2. The van der Waals surface area contributed by atoms with Crippen LogP contribution in [0.15, 0.2) is 25.3 Å². The maximum atomic E-state index is 14.0. The van der Waals surface area contributed by atoms with Gasteiger partial charge < -0.3 is 20.1 Å². The molecule has 2 N–H and O–H groups in total. The predicted octanol–water partition coefficient (Wildman–Crippen LogP) is 5.34. The SMILES string of the molecule is C=CC(=O)OCCCC1CCC(C#CC2CCC(C#CC3CCC(CCCOC(=O)C=C)NC3)C(C(F)(F)F)C2)CN1. The summed E-state index contributed by atoms with van der Waals surface area (Å²) in [6.45, 7) is 8.87. The highest BCUT2D eigenvalue weighted by molar-refractivity contribution is 5.81. The summed E-state index contributed by atoms with van der Waals surface area (Å²) in [6, 6.07) is 0.648. The Bertz CT molecular complexity index is 1020. The average molecular weight is 591 g/mol. The second kappa shape index (κ2) is 17.4. The Morgan fingerprint density at radius 2 is 1.21 bits per heavy atom. The molecule has 2 saturated heterocycles. The van der Waals surface area contributed by atoms with Gasteiger partial charge in [0.2, 0.25) is 0 Å². The lowest BCUT2D eigenvalue weighted by Crippen LogP contribution is -2.39. The first-order chi connectivity index (χ1) is 20.2. The summed E-state index contributed by atoms with van der Waals surface area (Å²) in [4.78, 5) is 22.2. The molecular weight excluding hydrogens is 545 g/mol. The number of carbonyl (C=O) groups is 2. The van der Waals surface area contributed by atoms with Crippen LogP contribution in [0.3, 0.4) is 0 Å². The molecule has 3 fully saturated rings. The van der Waals surface area contributed by atoms with Crippen molar-refractivity contribution in [1.82, 2.24) is 10.6 Å². The molecule has 9 heteroatoms. The number of ether oxygens (including phenoxy) is 2. The van der Waals surface area contributed by atoms with Gasteiger partial charge in [0.05, 0.1) is 19.1 Å². The first-order valence-corrected chi connectivity index (χ1v) is 15.3. The molecule has 7 atom stereocenters. The summed E-state index contributed by atoms with van der Waals surface area (Å²) in [5.41, 5.74) is 0. The molecule has 2 aliphatic heterocycles. The van der Waals surface area contributed by atoms with Gasteiger partial charge in [-0.05, 0) is 70.6 Å². The van der Waals surface area contributed by atoms with Crippen LogP contribution in [0.1, 0.15) is 70.6 Å². The summed E-state index contributed by atoms with van der Waals surface area (Å²) in [7, 11) is 0. The minimum absolute atomic E-state index is 0.0173. The highest BCUT2D eigenvalue weighted by Gasteiger charge is 2.47. The van der Waals surface area contributed by atoms with Gasteiger partial charge in [0.15, 0.2) is 0 Å². The van der Waals surface area contributed by atoms with E-state index in [4.69, 9.17) is 9.47 Å². The Kier molecular flexibility index (Phi) is 14.0. The van der Waals surface area contributed by atoms with Crippen LogP contribution in [0.5, 0.6) is 0 Å². The van der Waals surface area contributed by atoms with E-state index in [1.54, 1.807) is 0 Å². The fourth-order valence-electron chi connectivity index (χ4n) is 5.99. The van der Waals surface area contributed by atoms with Crippen molar-refractivity contribution >= 4 is 11.9 Å². The minimum atomic E-state index is -4.29. The van der Waals surface area contributed by atoms with Gasteiger partial charge in [0.1, 0.15) is 0 Å². The van der Waals surface area contributed by atoms with Gasteiger partial charge >= 0.3 is 18.1 Å². The number of esters is 2. The van der Waals surface area contributed by atoms with Crippen LogP contribution in [-0.2, 0) is 19.1 Å². The second-order valence-electron chi connectivity index (χ2n) is 11.6. The number of rotatable bonds is 10. The van der Waals surface area contributed by atoms with Gasteiger partial charge in [-0.15, -0.1) is 0 Å². The topological polar surface area (TPSA) is 76.7 Å². The van der Waals surface area contributed by atoms with Crippen molar-refractivity contribution < 1.29 is 32.2 Å². The van der Waals surface area contributed by atoms with E-state index in [0.717, 1.165) is 70.1 Å². The van der Waals surface area contributed by atoms with Crippen molar-refractivity contribution in [3.05, 3.63) is 25.3 Å². The number of halogens is 3. The van der Waals surface area contributed by atoms with Gasteiger partial charge in [-0.2, -0.15) is 13.2 Å². The number of alkyl halides is 3. The van der Waals surface area contributed by atoms with E-state index in [0.29, 0.717) is 44.7 Å². The Morgan fingerprint density at radius 1 is 0.738 bits per heavy atom. The third-order valence-corrected chi connectivity index (χ3v) is 8.48. The molecule has 0 bridgehead atoms. The number of hydrogen-bond acceptors (Lipinski definition) is 6. The van der Waals surface area contributed by atoms with E-state index in [9.17, 15) is 22.8 Å². The first kappa shape index (κ1) is 33.7. The molecule has 0 amide bonds. The second-order valence-corrected chi connectivity index (χ2v) is 11.6. The highest BCUT2D eigenvalue weighted by Crippen LogP contribution is 2.43. The lowest BCUT2D eigenvalue weighted by molar-refractivity contribution is -0.192. The zero-order chi connectivity index (χ0) is 30.4. The Morgan fingerprint density at radius 3 is 1.67 bits per heavy atom. The van der Waals surface area contributed by atoms with Gasteiger partial charge in [-0.1, -0.05) is 36.8 Å².